The first kappa shape index (κ1) is 25.3. The second-order valence-corrected chi connectivity index (χ2v) is 10.0. The first-order valence-corrected chi connectivity index (χ1v) is 13.1. The SMILES string of the molecule is O=C(NCc1nnc(SCC(=O)N2CCc3ccccc32)n1-c1ccc(F)cc1)c1cc(Cl)ccc1Cl. The summed E-state index contributed by atoms with van der Waals surface area (Å²) in [4.78, 5) is 27.5. The third kappa shape index (κ3) is 5.49. The molecule has 0 spiro atoms. The van der Waals surface area contributed by atoms with Gasteiger partial charge in [-0.15, -0.1) is 10.2 Å². The fourth-order valence-electron chi connectivity index (χ4n) is 4.09. The minimum Gasteiger partial charge on any atom is -0.345 e. The number of anilines is 1. The van der Waals surface area contributed by atoms with Gasteiger partial charge in [-0.2, -0.15) is 0 Å². The maximum absolute atomic E-state index is 13.6. The Hall–Kier alpha value is -3.40. The molecule has 1 aromatic heterocycles. The zero-order valence-electron chi connectivity index (χ0n) is 19.3. The van der Waals surface area contributed by atoms with E-state index in [9.17, 15) is 14.0 Å². The normalized spacial score (nSPS) is 12.5. The highest BCUT2D eigenvalue weighted by Crippen LogP contribution is 2.29. The monoisotopic (exact) mass is 555 g/mol. The summed E-state index contributed by atoms with van der Waals surface area (Å²) in [6.45, 7) is 0.646. The number of thioether (sulfide) groups is 1. The molecule has 3 aromatic carbocycles. The molecular weight excluding hydrogens is 536 g/mol. The number of nitrogens with zero attached hydrogens (tertiary/aromatic N) is 4. The summed E-state index contributed by atoms with van der Waals surface area (Å²) in [5.74, 6) is -0.329. The van der Waals surface area contributed by atoms with Gasteiger partial charge in [0, 0.05) is 22.9 Å². The van der Waals surface area contributed by atoms with Gasteiger partial charge in [0.05, 0.1) is 22.9 Å². The van der Waals surface area contributed by atoms with Gasteiger partial charge >= 0.3 is 0 Å². The standard InChI is InChI=1S/C26H20Cl2FN5O2S/c27-17-5-10-21(28)20(13-17)25(36)30-14-23-31-32-26(34(23)19-8-6-18(29)7-9-19)37-15-24(35)33-12-11-16-3-1-2-4-22(16)33/h1-10,13H,11-12,14-15H2,(H,30,36). The summed E-state index contributed by atoms with van der Waals surface area (Å²) in [7, 11) is 0. The Morgan fingerprint density at radius 3 is 2.62 bits per heavy atom. The summed E-state index contributed by atoms with van der Waals surface area (Å²) in [5.41, 5.74) is 2.90. The van der Waals surface area contributed by atoms with E-state index in [0.717, 1.165) is 17.7 Å². The summed E-state index contributed by atoms with van der Waals surface area (Å²) >= 11 is 13.4. The predicted octanol–water partition coefficient (Wildman–Crippen LogP) is 5.32. The largest absolute Gasteiger partial charge is 0.345 e. The fourth-order valence-corrected chi connectivity index (χ4v) is 5.31. The molecule has 0 unspecified atom stereocenters. The van der Waals surface area contributed by atoms with Gasteiger partial charge in [0.25, 0.3) is 5.91 Å². The predicted molar refractivity (Wildman–Crippen MR) is 142 cm³/mol. The van der Waals surface area contributed by atoms with E-state index in [1.807, 2.05) is 24.3 Å². The Morgan fingerprint density at radius 1 is 1.03 bits per heavy atom. The molecule has 37 heavy (non-hydrogen) atoms. The first-order valence-electron chi connectivity index (χ1n) is 11.4. The molecule has 2 heterocycles. The summed E-state index contributed by atoms with van der Waals surface area (Å²) < 4.78 is 15.3. The van der Waals surface area contributed by atoms with Crippen LogP contribution in [0.15, 0.2) is 71.9 Å². The molecule has 0 bridgehead atoms. The number of aromatic nitrogens is 3. The van der Waals surface area contributed by atoms with Gasteiger partial charge in [-0.3, -0.25) is 14.2 Å². The summed E-state index contributed by atoms with van der Waals surface area (Å²) in [6.07, 6.45) is 0.818. The van der Waals surface area contributed by atoms with E-state index in [1.54, 1.807) is 33.7 Å². The number of para-hydroxylation sites is 1. The zero-order chi connectivity index (χ0) is 25.9. The van der Waals surface area contributed by atoms with Crippen LogP contribution < -0.4 is 10.2 Å². The number of hydrogen-bond acceptors (Lipinski definition) is 5. The van der Waals surface area contributed by atoms with Crippen LogP contribution in [0.25, 0.3) is 5.69 Å². The Morgan fingerprint density at radius 2 is 1.81 bits per heavy atom. The topological polar surface area (TPSA) is 80.1 Å². The van der Waals surface area contributed by atoms with E-state index >= 15 is 0 Å². The average Bonchev–Trinajstić information content (AvgIpc) is 3.52. The van der Waals surface area contributed by atoms with Crippen molar-refractivity contribution in [3.8, 4) is 5.69 Å². The van der Waals surface area contributed by atoms with E-state index in [1.165, 1.54) is 30.0 Å². The lowest BCUT2D eigenvalue weighted by Crippen LogP contribution is -2.30. The second kappa shape index (κ2) is 10.9. The van der Waals surface area contributed by atoms with Crippen LogP contribution in [0, 0.1) is 5.82 Å². The molecule has 0 saturated carbocycles. The average molecular weight is 556 g/mol. The van der Waals surface area contributed by atoms with Crippen LogP contribution in [0.5, 0.6) is 0 Å². The van der Waals surface area contributed by atoms with Gasteiger partial charge < -0.3 is 10.2 Å². The Bertz CT molecular complexity index is 1480. The molecule has 1 aliphatic rings. The number of benzene rings is 3. The van der Waals surface area contributed by atoms with E-state index in [-0.39, 0.29) is 34.6 Å². The highest BCUT2D eigenvalue weighted by molar-refractivity contribution is 7.99. The van der Waals surface area contributed by atoms with Gasteiger partial charge in [-0.25, -0.2) is 4.39 Å². The zero-order valence-corrected chi connectivity index (χ0v) is 21.7. The molecule has 7 nitrogen and oxygen atoms in total. The Labute approximate surface area is 226 Å². The van der Waals surface area contributed by atoms with Crippen LogP contribution >= 0.6 is 35.0 Å². The molecule has 0 saturated heterocycles. The van der Waals surface area contributed by atoms with Crippen molar-refractivity contribution < 1.29 is 14.0 Å². The molecular formula is C26H20Cl2FN5O2S. The first-order chi connectivity index (χ1) is 17.9. The van der Waals surface area contributed by atoms with Gasteiger partial charge in [0.2, 0.25) is 5.91 Å². The van der Waals surface area contributed by atoms with E-state index in [0.29, 0.717) is 28.2 Å². The van der Waals surface area contributed by atoms with E-state index in [2.05, 4.69) is 15.5 Å². The van der Waals surface area contributed by atoms with Crippen LogP contribution in [0.1, 0.15) is 21.7 Å². The van der Waals surface area contributed by atoms with Gasteiger partial charge in [-0.05, 0) is 60.5 Å². The number of fused-ring (bicyclic) bond motifs is 1. The van der Waals surface area contributed by atoms with Crippen molar-refractivity contribution in [1.29, 1.82) is 0 Å². The van der Waals surface area contributed by atoms with Crippen molar-refractivity contribution in [2.24, 2.45) is 0 Å². The minimum absolute atomic E-state index is 0.0139. The molecule has 1 N–H and O–H groups in total. The molecule has 2 amide bonds. The van der Waals surface area contributed by atoms with Crippen LogP contribution in [0.4, 0.5) is 10.1 Å². The Kier molecular flexibility index (Phi) is 7.45. The number of nitrogens with one attached hydrogen (secondary N) is 1. The molecule has 1 aliphatic heterocycles. The molecule has 0 atom stereocenters. The lowest BCUT2D eigenvalue weighted by atomic mass is 10.2. The smallest absolute Gasteiger partial charge is 0.253 e. The second-order valence-electron chi connectivity index (χ2n) is 8.23. The van der Waals surface area contributed by atoms with Crippen LogP contribution in [0.3, 0.4) is 0 Å². The molecule has 0 fully saturated rings. The van der Waals surface area contributed by atoms with Crippen molar-refractivity contribution in [3.05, 3.63) is 99.5 Å². The Balaban J connectivity index is 1.35. The molecule has 4 aromatic rings. The molecule has 0 radical (unpaired) electrons. The number of halogens is 3. The van der Waals surface area contributed by atoms with E-state index < -0.39 is 5.91 Å². The van der Waals surface area contributed by atoms with Crippen molar-refractivity contribution in [2.75, 3.05) is 17.2 Å². The van der Waals surface area contributed by atoms with Gasteiger partial charge in [-0.1, -0.05) is 53.2 Å². The number of rotatable bonds is 7. The maximum atomic E-state index is 13.6. The van der Waals surface area contributed by atoms with Crippen molar-refractivity contribution >= 4 is 52.5 Å². The van der Waals surface area contributed by atoms with Gasteiger partial charge in [0.1, 0.15) is 5.82 Å². The third-order valence-electron chi connectivity index (χ3n) is 5.88. The molecule has 188 valence electrons. The summed E-state index contributed by atoms with van der Waals surface area (Å²) in [5, 5.41) is 12.3. The molecule has 11 heteroatoms. The quantitative estimate of drug-likeness (QED) is 0.312. The van der Waals surface area contributed by atoms with Gasteiger partial charge in [0.15, 0.2) is 11.0 Å². The maximum Gasteiger partial charge on any atom is 0.253 e. The highest BCUT2D eigenvalue weighted by Gasteiger charge is 2.25. The van der Waals surface area contributed by atoms with Crippen molar-refractivity contribution in [3.63, 3.8) is 0 Å². The van der Waals surface area contributed by atoms with Crippen LogP contribution in [-0.4, -0.2) is 38.9 Å². The lowest BCUT2D eigenvalue weighted by Gasteiger charge is -2.17. The summed E-state index contributed by atoms with van der Waals surface area (Å²) in [6, 6.07) is 18.3. The third-order valence-corrected chi connectivity index (χ3v) is 7.36. The number of carbonyl (C=O) groups excluding carboxylic acids is 2. The fraction of sp³-hybridized carbons (Fsp3) is 0.154. The highest BCUT2D eigenvalue weighted by atomic mass is 35.5. The number of hydrogen-bond donors (Lipinski definition) is 1. The van der Waals surface area contributed by atoms with Crippen molar-refractivity contribution in [1.82, 2.24) is 20.1 Å². The van der Waals surface area contributed by atoms with Crippen molar-refractivity contribution in [2.45, 2.75) is 18.1 Å². The van der Waals surface area contributed by atoms with Crippen LogP contribution in [0.2, 0.25) is 10.0 Å². The molecule has 0 aliphatic carbocycles. The van der Waals surface area contributed by atoms with E-state index in [4.69, 9.17) is 23.2 Å². The molecule has 5 rings (SSSR count). The minimum atomic E-state index is -0.432. The van der Waals surface area contributed by atoms with Crippen LogP contribution in [-0.2, 0) is 17.8 Å². The lowest BCUT2D eigenvalue weighted by molar-refractivity contribution is -0.116. The number of carbonyl (C=O) groups is 2. The number of amides is 2.